The van der Waals surface area contributed by atoms with Crippen LogP contribution < -0.4 is 10.6 Å². The maximum absolute atomic E-state index is 12.1. The molecule has 0 aliphatic rings. The molecule has 106 valence electrons. The highest BCUT2D eigenvalue weighted by Crippen LogP contribution is 2.30. The lowest BCUT2D eigenvalue weighted by atomic mass is 10.2. The van der Waals surface area contributed by atoms with Crippen LogP contribution >= 0.6 is 11.8 Å². The van der Waals surface area contributed by atoms with Crippen LogP contribution in [0.15, 0.2) is 24.3 Å². The number of halogens is 3. The Kier molecular flexibility index (Phi) is 5.34. The predicted molar refractivity (Wildman–Crippen MR) is 69.2 cm³/mol. The quantitative estimate of drug-likeness (QED) is 0.789. The minimum Gasteiger partial charge on any atom is -0.480 e. The van der Waals surface area contributed by atoms with Crippen LogP contribution in [0.25, 0.3) is 0 Å². The lowest BCUT2D eigenvalue weighted by Gasteiger charge is -2.24. The number of thioether (sulfide) groups is 1. The molecule has 0 aliphatic carbocycles. The highest BCUT2D eigenvalue weighted by Gasteiger charge is 2.28. The molecule has 0 aromatic heterocycles. The van der Waals surface area contributed by atoms with Crippen molar-refractivity contribution in [2.24, 2.45) is 0 Å². The van der Waals surface area contributed by atoms with Crippen LogP contribution in [0.4, 0.5) is 24.5 Å². The molecule has 0 spiro atoms. The SMILES string of the molecule is Nc1ccccc1N(CCSC(F)(F)F)CC(=O)O. The number of carboxylic acids is 1. The Morgan fingerprint density at radius 3 is 2.53 bits per heavy atom. The summed E-state index contributed by atoms with van der Waals surface area (Å²) in [6, 6.07) is 6.47. The third-order valence-corrected chi connectivity index (χ3v) is 2.94. The van der Waals surface area contributed by atoms with Crippen LogP contribution in [0.1, 0.15) is 0 Å². The zero-order valence-corrected chi connectivity index (χ0v) is 10.7. The maximum atomic E-state index is 12.1. The summed E-state index contributed by atoms with van der Waals surface area (Å²) in [5, 5.41) is 8.78. The van der Waals surface area contributed by atoms with Crippen molar-refractivity contribution in [2.75, 3.05) is 29.5 Å². The summed E-state index contributed by atoms with van der Waals surface area (Å²) < 4.78 is 36.2. The minimum atomic E-state index is -4.32. The molecule has 0 unspecified atom stereocenters. The first kappa shape index (κ1) is 15.5. The van der Waals surface area contributed by atoms with Gasteiger partial charge in [0.1, 0.15) is 6.54 Å². The average molecular weight is 294 g/mol. The van der Waals surface area contributed by atoms with Gasteiger partial charge < -0.3 is 15.7 Å². The van der Waals surface area contributed by atoms with Crippen LogP contribution in [0.2, 0.25) is 0 Å². The third kappa shape index (κ3) is 5.73. The number of carboxylic acid groups (broad SMARTS) is 1. The predicted octanol–water partition coefficient (Wildman–Crippen LogP) is 2.41. The van der Waals surface area contributed by atoms with Gasteiger partial charge in [0, 0.05) is 12.3 Å². The van der Waals surface area contributed by atoms with Gasteiger partial charge in [-0.15, -0.1) is 0 Å². The van der Waals surface area contributed by atoms with E-state index in [9.17, 15) is 18.0 Å². The first-order valence-corrected chi connectivity index (χ1v) is 6.30. The molecule has 0 bridgehead atoms. The Labute approximate surface area is 112 Å². The molecule has 4 nitrogen and oxygen atoms in total. The lowest BCUT2D eigenvalue weighted by Crippen LogP contribution is -2.32. The number of carbonyl (C=O) groups is 1. The first-order valence-electron chi connectivity index (χ1n) is 5.31. The summed E-state index contributed by atoms with van der Waals surface area (Å²) in [4.78, 5) is 12.1. The van der Waals surface area contributed by atoms with Crippen LogP contribution in [-0.2, 0) is 4.79 Å². The number of nitrogen functional groups attached to an aromatic ring is 1. The van der Waals surface area contributed by atoms with Gasteiger partial charge in [0.15, 0.2) is 0 Å². The Morgan fingerprint density at radius 2 is 2.00 bits per heavy atom. The molecule has 0 atom stereocenters. The van der Waals surface area contributed by atoms with Crippen molar-refractivity contribution in [3.05, 3.63) is 24.3 Å². The van der Waals surface area contributed by atoms with Gasteiger partial charge in [-0.1, -0.05) is 12.1 Å². The van der Waals surface area contributed by atoms with Crippen molar-refractivity contribution in [1.29, 1.82) is 0 Å². The number of nitrogens with zero attached hydrogens (tertiary/aromatic N) is 1. The molecule has 1 aromatic carbocycles. The summed E-state index contributed by atoms with van der Waals surface area (Å²) in [5.74, 6) is -1.38. The molecule has 8 heteroatoms. The Balaban J connectivity index is 2.73. The molecule has 0 aliphatic heterocycles. The number of anilines is 2. The highest BCUT2D eigenvalue weighted by molar-refractivity contribution is 8.00. The van der Waals surface area contributed by atoms with E-state index >= 15 is 0 Å². The van der Waals surface area contributed by atoms with Gasteiger partial charge >= 0.3 is 11.5 Å². The van der Waals surface area contributed by atoms with E-state index in [-0.39, 0.29) is 24.1 Å². The minimum absolute atomic E-state index is 0.0509. The topological polar surface area (TPSA) is 66.6 Å². The second kappa shape index (κ2) is 6.55. The second-order valence-corrected chi connectivity index (χ2v) is 4.83. The van der Waals surface area contributed by atoms with Crippen molar-refractivity contribution >= 4 is 29.1 Å². The fourth-order valence-electron chi connectivity index (χ4n) is 1.50. The van der Waals surface area contributed by atoms with E-state index in [4.69, 9.17) is 10.8 Å². The maximum Gasteiger partial charge on any atom is 0.441 e. The smallest absolute Gasteiger partial charge is 0.441 e. The van der Waals surface area contributed by atoms with Gasteiger partial charge in [0.2, 0.25) is 0 Å². The van der Waals surface area contributed by atoms with Crippen molar-refractivity contribution in [2.45, 2.75) is 5.51 Å². The van der Waals surface area contributed by atoms with Gasteiger partial charge in [-0.3, -0.25) is 4.79 Å². The summed E-state index contributed by atoms with van der Waals surface area (Å²) >= 11 is -0.186. The standard InChI is InChI=1S/C11H13F3N2O2S/c12-11(13,14)19-6-5-16(7-10(17)18)9-4-2-1-3-8(9)15/h1-4H,5-7,15H2,(H,17,18). The van der Waals surface area contributed by atoms with E-state index < -0.39 is 18.0 Å². The molecule has 0 radical (unpaired) electrons. The van der Waals surface area contributed by atoms with Gasteiger partial charge in [0.05, 0.1) is 11.4 Å². The van der Waals surface area contributed by atoms with Crippen LogP contribution in [-0.4, -0.2) is 35.4 Å². The monoisotopic (exact) mass is 294 g/mol. The number of hydrogen-bond donors (Lipinski definition) is 2. The van der Waals surface area contributed by atoms with E-state index in [1.807, 2.05) is 0 Å². The van der Waals surface area contributed by atoms with E-state index in [0.29, 0.717) is 11.4 Å². The van der Waals surface area contributed by atoms with Gasteiger partial charge in [0.25, 0.3) is 0 Å². The van der Waals surface area contributed by atoms with E-state index in [1.54, 1.807) is 24.3 Å². The van der Waals surface area contributed by atoms with Crippen molar-refractivity contribution in [3.8, 4) is 0 Å². The average Bonchev–Trinajstić information content (AvgIpc) is 2.26. The summed E-state index contributed by atoms with van der Waals surface area (Å²) in [6.45, 7) is -0.447. The molecule has 0 fully saturated rings. The second-order valence-electron chi connectivity index (χ2n) is 3.67. The van der Waals surface area contributed by atoms with Crippen molar-refractivity contribution < 1.29 is 23.1 Å². The summed E-state index contributed by atoms with van der Waals surface area (Å²) in [5.41, 5.74) is 2.13. The Bertz CT molecular complexity index is 440. The molecule has 0 amide bonds. The Morgan fingerprint density at radius 1 is 1.37 bits per heavy atom. The van der Waals surface area contributed by atoms with Gasteiger partial charge in [-0.25, -0.2) is 0 Å². The van der Waals surface area contributed by atoms with Gasteiger partial charge in [-0.05, 0) is 23.9 Å². The van der Waals surface area contributed by atoms with Crippen LogP contribution in [0.5, 0.6) is 0 Å². The number of para-hydroxylation sites is 2. The molecule has 0 saturated carbocycles. The van der Waals surface area contributed by atoms with E-state index in [2.05, 4.69) is 0 Å². The fourth-order valence-corrected chi connectivity index (χ4v) is 2.04. The summed E-state index contributed by atoms with van der Waals surface area (Å²) in [6.07, 6.45) is 0. The number of rotatable bonds is 6. The zero-order valence-electron chi connectivity index (χ0n) is 9.85. The number of nitrogens with two attached hydrogens (primary N) is 1. The normalized spacial score (nSPS) is 11.3. The van der Waals surface area contributed by atoms with Crippen molar-refractivity contribution in [1.82, 2.24) is 0 Å². The van der Waals surface area contributed by atoms with Crippen LogP contribution in [0, 0.1) is 0 Å². The molecule has 0 saturated heterocycles. The molecule has 0 heterocycles. The van der Waals surface area contributed by atoms with Crippen LogP contribution in [0.3, 0.4) is 0 Å². The summed E-state index contributed by atoms with van der Waals surface area (Å²) in [7, 11) is 0. The van der Waals surface area contributed by atoms with E-state index in [1.165, 1.54) is 4.90 Å². The largest absolute Gasteiger partial charge is 0.480 e. The number of benzene rings is 1. The Hall–Kier alpha value is -1.57. The molecule has 1 aromatic rings. The lowest BCUT2D eigenvalue weighted by molar-refractivity contribution is -0.135. The fraction of sp³-hybridized carbons (Fsp3) is 0.364. The third-order valence-electron chi connectivity index (χ3n) is 2.23. The highest BCUT2D eigenvalue weighted by atomic mass is 32.2. The zero-order chi connectivity index (χ0) is 14.5. The number of hydrogen-bond acceptors (Lipinski definition) is 4. The van der Waals surface area contributed by atoms with Crippen molar-refractivity contribution in [3.63, 3.8) is 0 Å². The molecule has 3 N–H and O–H groups in total. The number of alkyl halides is 3. The molecular weight excluding hydrogens is 281 g/mol. The molecule has 19 heavy (non-hydrogen) atoms. The molecule has 1 rings (SSSR count). The molecular formula is C11H13F3N2O2S. The van der Waals surface area contributed by atoms with E-state index in [0.717, 1.165) is 0 Å². The van der Waals surface area contributed by atoms with Gasteiger partial charge in [-0.2, -0.15) is 13.2 Å². The number of aliphatic carboxylic acids is 1. The first-order chi connectivity index (χ1) is 8.79.